The van der Waals surface area contributed by atoms with Gasteiger partial charge in [0.2, 0.25) is 0 Å². The summed E-state index contributed by atoms with van der Waals surface area (Å²) in [4.78, 5) is 22.8. The molecule has 16 heavy (non-hydrogen) atoms. The van der Waals surface area contributed by atoms with Gasteiger partial charge in [-0.2, -0.15) is 0 Å². The van der Waals surface area contributed by atoms with Crippen molar-refractivity contribution in [1.29, 1.82) is 0 Å². The highest BCUT2D eigenvalue weighted by molar-refractivity contribution is 5.92. The fourth-order valence-corrected chi connectivity index (χ4v) is 1.99. The molecule has 1 fully saturated rings. The summed E-state index contributed by atoms with van der Waals surface area (Å²) in [6.45, 7) is 5.61. The summed E-state index contributed by atoms with van der Waals surface area (Å²) in [5.41, 5.74) is 0.367. The minimum absolute atomic E-state index is 0.278. The van der Waals surface area contributed by atoms with Crippen LogP contribution in [-0.2, 0) is 14.3 Å². The smallest absolute Gasteiger partial charge is 0.331 e. The second-order valence-corrected chi connectivity index (χ2v) is 4.06. The van der Waals surface area contributed by atoms with E-state index in [0.29, 0.717) is 37.0 Å². The van der Waals surface area contributed by atoms with Crippen molar-refractivity contribution in [1.82, 2.24) is 0 Å². The average Bonchev–Trinajstić information content (AvgIpc) is 2.99. The van der Waals surface area contributed by atoms with Gasteiger partial charge in [-0.15, -0.1) is 0 Å². The Labute approximate surface area is 95.3 Å². The van der Waals surface area contributed by atoms with Crippen molar-refractivity contribution >= 4 is 11.9 Å². The first kappa shape index (κ1) is 12.7. The second-order valence-electron chi connectivity index (χ2n) is 4.06. The molecule has 1 saturated carbocycles. The lowest BCUT2D eigenvalue weighted by Gasteiger charge is -2.16. The number of carbonyl (C=O) groups excluding carboxylic acids is 1. The minimum atomic E-state index is -0.935. The lowest BCUT2D eigenvalue weighted by atomic mass is 9.91. The van der Waals surface area contributed by atoms with E-state index in [9.17, 15) is 9.59 Å². The highest BCUT2D eigenvalue weighted by Crippen LogP contribution is 2.53. The summed E-state index contributed by atoms with van der Waals surface area (Å²) in [6, 6.07) is 0. The standard InChI is InChI=1S/C12H18O4/c1-4-9(10(13)14)8(3)12(6-7-12)11(15)16-5-2/h4-7H2,1-3H3,(H,13,14)/b9-8+. The molecule has 0 amide bonds. The van der Waals surface area contributed by atoms with Gasteiger partial charge in [0, 0.05) is 5.57 Å². The zero-order chi connectivity index (χ0) is 12.3. The van der Waals surface area contributed by atoms with E-state index in [1.807, 2.05) is 0 Å². The predicted molar refractivity (Wildman–Crippen MR) is 58.9 cm³/mol. The molecule has 0 aromatic rings. The van der Waals surface area contributed by atoms with Gasteiger partial charge in [-0.1, -0.05) is 6.92 Å². The SMILES string of the molecule is CCOC(=O)C1(/C(C)=C(\CC)C(=O)O)CC1. The number of esters is 1. The van der Waals surface area contributed by atoms with Crippen molar-refractivity contribution in [3.63, 3.8) is 0 Å². The van der Waals surface area contributed by atoms with E-state index in [0.717, 1.165) is 0 Å². The Morgan fingerprint density at radius 2 is 1.88 bits per heavy atom. The third-order valence-corrected chi connectivity index (χ3v) is 3.20. The van der Waals surface area contributed by atoms with Crippen molar-refractivity contribution in [2.45, 2.75) is 40.0 Å². The molecule has 0 aromatic carbocycles. The maximum atomic E-state index is 11.8. The Balaban J connectivity index is 2.99. The molecule has 0 heterocycles. The Kier molecular flexibility index (Phi) is 3.73. The summed E-state index contributed by atoms with van der Waals surface area (Å²) in [5.74, 6) is -1.21. The quantitative estimate of drug-likeness (QED) is 0.576. The van der Waals surface area contributed by atoms with Gasteiger partial charge in [0.1, 0.15) is 0 Å². The fourth-order valence-electron chi connectivity index (χ4n) is 1.99. The number of hydrogen-bond acceptors (Lipinski definition) is 3. The van der Waals surface area contributed by atoms with Gasteiger partial charge in [0.15, 0.2) is 0 Å². The zero-order valence-electron chi connectivity index (χ0n) is 10.0. The summed E-state index contributed by atoms with van der Waals surface area (Å²) >= 11 is 0. The van der Waals surface area contributed by atoms with E-state index in [4.69, 9.17) is 9.84 Å². The molecular formula is C12H18O4. The summed E-state index contributed by atoms with van der Waals surface area (Å²) in [7, 11) is 0. The molecule has 0 saturated heterocycles. The van der Waals surface area contributed by atoms with E-state index >= 15 is 0 Å². The predicted octanol–water partition coefficient (Wildman–Crippen LogP) is 2.14. The molecule has 90 valence electrons. The van der Waals surface area contributed by atoms with Gasteiger partial charge < -0.3 is 9.84 Å². The molecule has 1 N–H and O–H groups in total. The van der Waals surface area contributed by atoms with Crippen LogP contribution >= 0.6 is 0 Å². The Morgan fingerprint density at radius 3 is 2.19 bits per heavy atom. The normalized spacial score (nSPS) is 18.7. The molecule has 1 aliphatic rings. The van der Waals surface area contributed by atoms with Gasteiger partial charge in [-0.05, 0) is 38.7 Å². The Hall–Kier alpha value is -1.32. The molecule has 0 aromatic heterocycles. The van der Waals surface area contributed by atoms with Crippen LogP contribution in [0.15, 0.2) is 11.1 Å². The van der Waals surface area contributed by atoms with Crippen molar-refractivity contribution in [3.05, 3.63) is 11.1 Å². The highest BCUT2D eigenvalue weighted by Gasteiger charge is 2.53. The van der Waals surface area contributed by atoms with Crippen LogP contribution in [0.4, 0.5) is 0 Å². The topological polar surface area (TPSA) is 63.6 Å². The third kappa shape index (κ3) is 2.10. The molecule has 1 rings (SSSR count). The van der Waals surface area contributed by atoms with Gasteiger partial charge in [-0.3, -0.25) is 4.79 Å². The third-order valence-electron chi connectivity index (χ3n) is 3.20. The first-order valence-corrected chi connectivity index (χ1v) is 5.60. The van der Waals surface area contributed by atoms with E-state index in [2.05, 4.69) is 0 Å². The largest absolute Gasteiger partial charge is 0.478 e. The van der Waals surface area contributed by atoms with Crippen LogP contribution in [0.1, 0.15) is 40.0 Å². The van der Waals surface area contributed by atoms with Crippen LogP contribution in [0, 0.1) is 5.41 Å². The lowest BCUT2D eigenvalue weighted by Crippen LogP contribution is -2.22. The molecule has 0 aliphatic heterocycles. The maximum absolute atomic E-state index is 11.8. The van der Waals surface area contributed by atoms with Crippen molar-refractivity contribution < 1.29 is 19.4 Å². The van der Waals surface area contributed by atoms with E-state index in [-0.39, 0.29) is 5.97 Å². The summed E-state index contributed by atoms with van der Waals surface area (Å²) < 4.78 is 5.00. The van der Waals surface area contributed by atoms with Crippen LogP contribution in [0.2, 0.25) is 0 Å². The molecular weight excluding hydrogens is 208 g/mol. The molecule has 0 spiro atoms. The van der Waals surface area contributed by atoms with E-state index < -0.39 is 11.4 Å². The van der Waals surface area contributed by atoms with Gasteiger partial charge in [0.25, 0.3) is 0 Å². The average molecular weight is 226 g/mol. The van der Waals surface area contributed by atoms with Gasteiger partial charge in [-0.25, -0.2) is 4.79 Å². The molecule has 4 nitrogen and oxygen atoms in total. The van der Waals surface area contributed by atoms with Crippen LogP contribution in [0.3, 0.4) is 0 Å². The Morgan fingerprint density at radius 1 is 1.31 bits per heavy atom. The van der Waals surface area contributed by atoms with E-state index in [1.54, 1.807) is 20.8 Å². The summed E-state index contributed by atoms with van der Waals surface area (Å²) in [5, 5.41) is 9.04. The number of aliphatic carboxylic acids is 1. The molecule has 4 heteroatoms. The number of carboxylic acids is 1. The highest BCUT2D eigenvalue weighted by atomic mass is 16.5. The monoisotopic (exact) mass is 226 g/mol. The molecule has 0 unspecified atom stereocenters. The zero-order valence-corrected chi connectivity index (χ0v) is 10.0. The molecule has 1 aliphatic carbocycles. The van der Waals surface area contributed by atoms with Crippen LogP contribution in [0.5, 0.6) is 0 Å². The first-order valence-electron chi connectivity index (χ1n) is 5.60. The number of hydrogen-bond donors (Lipinski definition) is 1. The van der Waals surface area contributed by atoms with Crippen LogP contribution in [0.25, 0.3) is 0 Å². The van der Waals surface area contributed by atoms with Crippen LogP contribution in [-0.4, -0.2) is 23.7 Å². The first-order chi connectivity index (χ1) is 7.49. The lowest BCUT2D eigenvalue weighted by molar-refractivity contribution is -0.148. The summed E-state index contributed by atoms with van der Waals surface area (Å²) in [6.07, 6.45) is 1.84. The van der Waals surface area contributed by atoms with Gasteiger partial charge in [0.05, 0.1) is 12.0 Å². The number of ether oxygens (including phenoxy) is 1. The second kappa shape index (κ2) is 4.68. The molecule has 0 bridgehead atoms. The van der Waals surface area contributed by atoms with Crippen molar-refractivity contribution in [3.8, 4) is 0 Å². The molecule has 0 atom stereocenters. The number of carbonyl (C=O) groups is 2. The fraction of sp³-hybridized carbons (Fsp3) is 0.667. The molecule has 0 radical (unpaired) electrons. The Bertz CT molecular complexity index is 337. The minimum Gasteiger partial charge on any atom is -0.478 e. The number of rotatable bonds is 5. The van der Waals surface area contributed by atoms with Crippen molar-refractivity contribution in [2.24, 2.45) is 5.41 Å². The van der Waals surface area contributed by atoms with Crippen LogP contribution < -0.4 is 0 Å². The number of carboxylic acid groups (broad SMARTS) is 1. The van der Waals surface area contributed by atoms with Crippen molar-refractivity contribution in [2.75, 3.05) is 6.61 Å². The maximum Gasteiger partial charge on any atom is 0.331 e. The van der Waals surface area contributed by atoms with E-state index in [1.165, 1.54) is 0 Å². The van der Waals surface area contributed by atoms with Gasteiger partial charge >= 0.3 is 11.9 Å².